The molecular formula is C6H5BFIO2. The minimum absolute atomic E-state index is 0.0862. The van der Waals surface area contributed by atoms with Crippen molar-refractivity contribution in [2.45, 2.75) is 0 Å². The maximum absolute atomic E-state index is 12.9. The van der Waals surface area contributed by atoms with Crippen molar-refractivity contribution >= 4 is 35.2 Å². The van der Waals surface area contributed by atoms with E-state index in [2.05, 4.69) is 0 Å². The lowest BCUT2D eigenvalue weighted by molar-refractivity contribution is 0.423. The summed E-state index contributed by atoms with van der Waals surface area (Å²) in [6.07, 6.45) is 0. The second-order valence-corrected chi connectivity index (χ2v) is 3.18. The quantitative estimate of drug-likeness (QED) is 0.559. The molecule has 0 atom stereocenters. The Bertz CT molecular complexity index is 267. The van der Waals surface area contributed by atoms with Crippen LogP contribution in [0.25, 0.3) is 0 Å². The van der Waals surface area contributed by atoms with E-state index >= 15 is 0 Å². The number of hydrogen-bond acceptors (Lipinski definition) is 2. The molecular weight excluding hydrogens is 261 g/mol. The number of rotatable bonds is 1. The van der Waals surface area contributed by atoms with Crippen LogP contribution in [0.4, 0.5) is 4.39 Å². The summed E-state index contributed by atoms with van der Waals surface area (Å²) in [4.78, 5) is 0. The first-order chi connectivity index (χ1) is 5.13. The van der Waals surface area contributed by atoms with Gasteiger partial charge in [-0.2, -0.15) is 0 Å². The molecule has 2 nitrogen and oxygen atoms in total. The Morgan fingerprint density at radius 1 is 1.36 bits per heavy atom. The van der Waals surface area contributed by atoms with Gasteiger partial charge in [0.2, 0.25) is 0 Å². The van der Waals surface area contributed by atoms with E-state index in [0.717, 1.165) is 0 Å². The van der Waals surface area contributed by atoms with Gasteiger partial charge in [0.05, 0.1) is 0 Å². The van der Waals surface area contributed by atoms with E-state index in [4.69, 9.17) is 10.0 Å². The SMILES string of the molecule is OB(O)c1cccc(I)c1F. The van der Waals surface area contributed by atoms with Gasteiger partial charge in [0.1, 0.15) is 5.82 Å². The molecule has 0 heterocycles. The monoisotopic (exact) mass is 266 g/mol. The minimum Gasteiger partial charge on any atom is -0.423 e. The zero-order valence-corrected chi connectivity index (χ0v) is 7.62. The van der Waals surface area contributed by atoms with Gasteiger partial charge in [-0.25, -0.2) is 4.39 Å². The van der Waals surface area contributed by atoms with Crippen LogP contribution in [0.15, 0.2) is 18.2 Å². The fraction of sp³-hybridized carbons (Fsp3) is 0. The summed E-state index contributed by atoms with van der Waals surface area (Å²) in [7, 11) is -1.73. The van der Waals surface area contributed by atoms with Gasteiger partial charge in [0.25, 0.3) is 0 Å². The molecule has 58 valence electrons. The summed E-state index contributed by atoms with van der Waals surface area (Å²) in [5, 5.41) is 17.3. The van der Waals surface area contributed by atoms with Crippen LogP contribution in [-0.2, 0) is 0 Å². The predicted molar refractivity (Wildman–Crippen MR) is 48.9 cm³/mol. The topological polar surface area (TPSA) is 40.5 Å². The molecule has 0 unspecified atom stereocenters. The standard InChI is InChI=1S/C6H5BFIO2/c8-6-4(7(10)11)2-1-3-5(6)9/h1-3,10-11H. The van der Waals surface area contributed by atoms with E-state index in [1.54, 1.807) is 34.7 Å². The van der Waals surface area contributed by atoms with Gasteiger partial charge in [-0.05, 0) is 28.7 Å². The van der Waals surface area contributed by atoms with Gasteiger partial charge < -0.3 is 10.0 Å². The highest BCUT2D eigenvalue weighted by Gasteiger charge is 2.17. The van der Waals surface area contributed by atoms with Crippen LogP contribution >= 0.6 is 22.6 Å². The van der Waals surface area contributed by atoms with Crippen LogP contribution in [0.3, 0.4) is 0 Å². The highest BCUT2D eigenvalue weighted by molar-refractivity contribution is 14.1. The molecule has 2 N–H and O–H groups in total. The molecule has 1 aromatic carbocycles. The molecule has 0 saturated heterocycles. The lowest BCUT2D eigenvalue weighted by Gasteiger charge is -2.01. The molecule has 0 spiro atoms. The fourth-order valence-corrected chi connectivity index (χ4v) is 1.24. The Morgan fingerprint density at radius 3 is 2.45 bits per heavy atom. The summed E-state index contributed by atoms with van der Waals surface area (Å²) in [5.74, 6) is -0.567. The molecule has 0 aliphatic heterocycles. The van der Waals surface area contributed by atoms with Crippen molar-refractivity contribution in [2.75, 3.05) is 0 Å². The van der Waals surface area contributed by atoms with Gasteiger partial charge in [-0.15, -0.1) is 0 Å². The largest absolute Gasteiger partial charge is 0.491 e. The first-order valence-corrected chi connectivity index (χ1v) is 4.01. The average Bonchev–Trinajstić information content (AvgIpc) is 1.94. The van der Waals surface area contributed by atoms with Crippen LogP contribution in [0.5, 0.6) is 0 Å². The van der Waals surface area contributed by atoms with E-state index < -0.39 is 12.9 Å². The highest BCUT2D eigenvalue weighted by Crippen LogP contribution is 2.07. The number of halogens is 2. The first kappa shape index (κ1) is 8.96. The van der Waals surface area contributed by atoms with Crippen LogP contribution in [0.1, 0.15) is 0 Å². The zero-order valence-electron chi connectivity index (χ0n) is 5.46. The molecule has 5 heteroatoms. The Labute approximate surface area is 77.3 Å². The van der Waals surface area contributed by atoms with Gasteiger partial charge in [0.15, 0.2) is 0 Å². The van der Waals surface area contributed by atoms with E-state index in [9.17, 15) is 4.39 Å². The van der Waals surface area contributed by atoms with Crippen LogP contribution < -0.4 is 5.46 Å². The molecule has 0 aromatic heterocycles. The van der Waals surface area contributed by atoms with Crippen LogP contribution in [0.2, 0.25) is 0 Å². The molecule has 0 radical (unpaired) electrons. The Kier molecular flexibility index (Phi) is 2.86. The summed E-state index contributed by atoms with van der Waals surface area (Å²) in [6, 6.07) is 4.46. The molecule has 0 aliphatic rings. The van der Waals surface area contributed by atoms with Crippen molar-refractivity contribution in [3.8, 4) is 0 Å². The third kappa shape index (κ3) is 1.91. The van der Waals surface area contributed by atoms with Crippen molar-refractivity contribution in [1.82, 2.24) is 0 Å². The molecule has 0 amide bonds. The number of benzene rings is 1. The maximum Gasteiger partial charge on any atom is 0.491 e. The summed E-state index contributed by atoms with van der Waals surface area (Å²) < 4.78 is 13.3. The fourth-order valence-electron chi connectivity index (χ4n) is 0.720. The second-order valence-electron chi connectivity index (χ2n) is 2.02. The third-order valence-electron chi connectivity index (χ3n) is 1.26. The molecule has 1 aromatic rings. The average molecular weight is 266 g/mol. The maximum atomic E-state index is 12.9. The third-order valence-corrected chi connectivity index (χ3v) is 2.09. The smallest absolute Gasteiger partial charge is 0.423 e. The van der Waals surface area contributed by atoms with Crippen molar-refractivity contribution in [3.63, 3.8) is 0 Å². The summed E-state index contributed by atoms with van der Waals surface area (Å²) >= 11 is 1.79. The molecule has 1 rings (SSSR count). The van der Waals surface area contributed by atoms with Gasteiger partial charge in [-0.1, -0.05) is 12.1 Å². The minimum atomic E-state index is -1.73. The van der Waals surface area contributed by atoms with Crippen molar-refractivity contribution < 1.29 is 14.4 Å². The Hall–Kier alpha value is -0.135. The lowest BCUT2D eigenvalue weighted by Crippen LogP contribution is -2.33. The summed E-state index contributed by atoms with van der Waals surface area (Å²) in [5.41, 5.74) is -0.0862. The van der Waals surface area contributed by atoms with E-state index in [0.29, 0.717) is 3.57 Å². The van der Waals surface area contributed by atoms with Crippen molar-refractivity contribution in [1.29, 1.82) is 0 Å². The lowest BCUT2D eigenvalue weighted by atomic mass is 9.80. The van der Waals surface area contributed by atoms with E-state index in [-0.39, 0.29) is 5.46 Å². The van der Waals surface area contributed by atoms with E-state index in [1.807, 2.05) is 0 Å². The molecule has 11 heavy (non-hydrogen) atoms. The molecule has 0 saturated carbocycles. The Balaban J connectivity index is 3.17. The van der Waals surface area contributed by atoms with Crippen molar-refractivity contribution in [2.24, 2.45) is 0 Å². The number of hydrogen-bond donors (Lipinski definition) is 2. The highest BCUT2D eigenvalue weighted by atomic mass is 127. The van der Waals surface area contributed by atoms with Gasteiger partial charge >= 0.3 is 7.12 Å². The molecule has 0 fully saturated rings. The summed E-state index contributed by atoms with van der Waals surface area (Å²) in [6.45, 7) is 0. The normalized spacial score (nSPS) is 9.82. The van der Waals surface area contributed by atoms with Crippen LogP contribution in [0, 0.1) is 9.39 Å². The zero-order chi connectivity index (χ0) is 8.43. The molecule has 0 bridgehead atoms. The molecule has 0 aliphatic carbocycles. The van der Waals surface area contributed by atoms with Gasteiger partial charge in [-0.3, -0.25) is 0 Å². The second kappa shape index (κ2) is 3.51. The van der Waals surface area contributed by atoms with Gasteiger partial charge in [0, 0.05) is 9.03 Å². The van der Waals surface area contributed by atoms with Crippen molar-refractivity contribution in [3.05, 3.63) is 27.6 Å². The van der Waals surface area contributed by atoms with E-state index in [1.165, 1.54) is 6.07 Å². The Morgan fingerprint density at radius 2 is 2.00 bits per heavy atom. The van der Waals surface area contributed by atoms with Crippen LogP contribution in [-0.4, -0.2) is 17.2 Å². The first-order valence-electron chi connectivity index (χ1n) is 2.93. The predicted octanol–water partition coefficient (Wildman–Crippen LogP) is 0.110.